The molecule has 2 aliphatic rings. The first kappa shape index (κ1) is 11.3. The molecule has 0 aromatic heterocycles. The Labute approximate surface area is 106 Å². The van der Waals surface area contributed by atoms with Crippen LogP contribution in [0.4, 0.5) is 0 Å². The van der Waals surface area contributed by atoms with Crippen molar-refractivity contribution < 1.29 is 9.47 Å². The second-order valence-electron chi connectivity index (χ2n) is 4.80. The highest BCUT2D eigenvalue weighted by atomic mass is 35.5. The standard InChI is InChI=1S/C13H16ClNO2/c1-8-4-12(15-10-6-16-7-10)11-5-9(14)2-3-13(11)17-8/h2-3,5,8,10,12,15H,4,6-7H2,1H3. The van der Waals surface area contributed by atoms with Gasteiger partial charge in [0.2, 0.25) is 0 Å². The maximum Gasteiger partial charge on any atom is 0.124 e. The van der Waals surface area contributed by atoms with Gasteiger partial charge in [-0.2, -0.15) is 0 Å². The van der Waals surface area contributed by atoms with E-state index in [1.165, 1.54) is 5.56 Å². The van der Waals surface area contributed by atoms with Gasteiger partial charge in [-0.25, -0.2) is 0 Å². The van der Waals surface area contributed by atoms with Gasteiger partial charge in [-0.15, -0.1) is 0 Å². The molecule has 1 N–H and O–H groups in total. The van der Waals surface area contributed by atoms with E-state index < -0.39 is 0 Å². The van der Waals surface area contributed by atoms with Gasteiger partial charge < -0.3 is 14.8 Å². The summed E-state index contributed by atoms with van der Waals surface area (Å²) in [6.07, 6.45) is 1.21. The molecule has 1 fully saturated rings. The predicted molar refractivity (Wildman–Crippen MR) is 66.6 cm³/mol. The van der Waals surface area contributed by atoms with Crippen LogP contribution in [0.25, 0.3) is 0 Å². The van der Waals surface area contributed by atoms with Gasteiger partial charge >= 0.3 is 0 Å². The van der Waals surface area contributed by atoms with Crippen LogP contribution in [0, 0.1) is 0 Å². The summed E-state index contributed by atoms with van der Waals surface area (Å²) in [5.41, 5.74) is 1.17. The maximum absolute atomic E-state index is 6.05. The fourth-order valence-electron chi connectivity index (χ4n) is 2.40. The summed E-state index contributed by atoms with van der Waals surface area (Å²) < 4.78 is 11.0. The molecule has 0 aliphatic carbocycles. The van der Waals surface area contributed by atoms with Crippen LogP contribution in [-0.2, 0) is 4.74 Å². The number of ether oxygens (including phenoxy) is 2. The zero-order valence-electron chi connectivity index (χ0n) is 9.78. The molecule has 17 heavy (non-hydrogen) atoms. The Balaban J connectivity index is 1.85. The lowest BCUT2D eigenvalue weighted by molar-refractivity contribution is -0.0138. The van der Waals surface area contributed by atoms with E-state index >= 15 is 0 Å². The zero-order valence-corrected chi connectivity index (χ0v) is 10.5. The van der Waals surface area contributed by atoms with Crippen molar-refractivity contribution in [3.05, 3.63) is 28.8 Å². The van der Waals surface area contributed by atoms with Crippen LogP contribution in [0.2, 0.25) is 5.02 Å². The first-order chi connectivity index (χ1) is 8.22. The number of hydrogen-bond acceptors (Lipinski definition) is 3. The van der Waals surface area contributed by atoms with Crippen molar-refractivity contribution >= 4 is 11.6 Å². The topological polar surface area (TPSA) is 30.5 Å². The van der Waals surface area contributed by atoms with E-state index in [1.54, 1.807) is 0 Å². The van der Waals surface area contributed by atoms with Crippen molar-refractivity contribution in [1.82, 2.24) is 5.32 Å². The van der Waals surface area contributed by atoms with Crippen LogP contribution in [0.3, 0.4) is 0 Å². The Morgan fingerprint density at radius 1 is 1.35 bits per heavy atom. The molecule has 2 unspecified atom stereocenters. The summed E-state index contributed by atoms with van der Waals surface area (Å²) in [5, 5.41) is 4.37. The van der Waals surface area contributed by atoms with Gasteiger partial charge in [-0.05, 0) is 25.1 Å². The molecule has 3 nitrogen and oxygen atoms in total. The molecule has 1 saturated heterocycles. The molecule has 0 saturated carbocycles. The summed E-state index contributed by atoms with van der Waals surface area (Å²) in [6, 6.07) is 6.62. The van der Waals surface area contributed by atoms with Crippen molar-refractivity contribution in [1.29, 1.82) is 0 Å². The number of nitrogens with one attached hydrogen (secondary N) is 1. The van der Waals surface area contributed by atoms with Gasteiger partial charge in [-0.1, -0.05) is 11.6 Å². The SMILES string of the molecule is CC1CC(NC2COC2)c2cc(Cl)ccc2O1. The molecule has 2 atom stereocenters. The minimum Gasteiger partial charge on any atom is -0.490 e. The number of hydrogen-bond donors (Lipinski definition) is 1. The Morgan fingerprint density at radius 2 is 2.18 bits per heavy atom. The average Bonchev–Trinajstić information content (AvgIpc) is 2.24. The highest BCUT2D eigenvalue weighted by Gasteiger charge is 2.30. The third kappa shape index (κ3) is 2.28. The molecule has 0 spiro atoms. The third-order valence-corrected chi connectivity index (χ3v) is 3.55. The quantitative estimate of drug-likeness (QED) is 0.879. The predicted octanol–water partition coefficient (Wildman–Crippen LogP) is 2.54. The van der Waals surface area contributed by atoms with Crippen LogP contribution in [0.1, 0.15) is 24.9 Å². The molecule has 0 amide bonds. The smallest absolute Gasteiger partial charge is 0.124 e. The average molecular weight is 254 g/mol. The second kappa shape index (κ2) is 4.48. The lowest BCUT2D eigenvalue weighted by Crippen LogP contribution is -2.48. The van der Waals surface area contributed by atoms with E-state index in [0.717, 1.165) is 30.4 Å². The Kier molecular flexibility index (Phi) is 2.99. The van der Waals surface area contributed by atoms with Gasteiger partial charge in [0.25, 0.3) is 0 Å². The zero-order chi connectivity index (χ0) is 11.8. The minimum absolute atomic E-state index is 0.238. The number of rotatable bonds is 2. The van der Waals surface area contributed by atoms with E-state index in [9.17, 15) is 0 Å². The highest BCUT2D eigenvalue weighted by molar-refractivity contribution is 6.30. The fourth-order valence-corrected chi connectivity index (χ4v) is 2.58. The van der Waals surface area contributed by atoms with E-state index in [-0.39, 0.29) is 6.10 Å². The molecule has 3 rings (SSSR count). The lowest BCUT2D eigenvalue weighted by atomic mass is 9.96. The van der Waals surface area contributed by atoms with Crippen molar-refractivity contribution in [3.8, 4) is 5.75 Å². The third-order valence-electron chi connectivity index (χ3n) is 3.32. The molecule has 92 valence electrons. The minimum atomic E-state index is 0.238. The Hall–Kier alpha value is -0.770. The van der Waals surface area contributed by atoms with E-state index in [4.69, 9.17) is 21.1 Å². The van der Waals surface area contributed by atoms with E-state index in [1.807, 2.05) is 18.2 Å². The number of halogens is 1. The van der Waals surface area contributed by atoms with Gasteiger partial charge in [0, 0.05) is 23.0 Å². The van der Waals surface area contributed by atoms with E-state index in [2.05, 4.69) is 12.2 Å². The Morgan fingerprint density at radius 3 is 2.88 bits per heavy atom. The lowest BCUT2D eigenvalue weighted by Gasteiger charge is -2.36. The molecule has 1 aromatic carbocycles. The largest absolute Gasteiger partial charge is 0.490 e. The highest BCUT2D eigenvalue weighted by Crippen LogP contribution is 2.36. The monoisotopic (exact) mass is 253 g/mol. The van der Waals surface area contributed by atoms with Gasteiger partial charge in [-0.3, -0.25) is 0 Å². The van der Waals surface area contributed by atoms with Crippen molar-refractivity contribution in [3.63, 3.8) is 0 Å². The summed E-state index contributed by atoms with van der Waals surface area (Å²) in [4.78, 5) is 0. The molecule has 2 heterocycles. The Bertz CT molecular complexity index is 420. The summed E-state index contributed by atoms with van der Waals surface area (Å²) >= 11 is 6.05. The molecular weight excluding hydrogens is 238 g/mol. The summed E-state index contributed by atoms with van der Waals surface area (Å²) in [7, 11) is 0. The molecule has 0 bridgehead atoms. The van der Waals surface area contributed by atoms with Gasteiger partial charge in [0.05, 0.1) is 25.4 Å². The normalized spacial score (nSPS) is 28.1. The van der Waals surface area contributed by atoms with Crippen molar-refractivity contribution in [2.45, 2.75) is 31.5 Å². The summed E-state index contributed by atoms with van der Waals surface area (Å²) in [5.74, 6) is 0.950. The molecule has 0 radical (unpaired) electrons. The van der Waals surface area contributed by atoms with Crippen LogP contribution >= 0.6 is 11.6 Å². The van der Waals surface area contributed by atoms with Gasteiger partial charge in [0.15, 0.2) is 0 Å². The molecule has 2 aliphatic heterocycles. The van der Waals surface area contributed by atoms with E-state index in [0.29, 0.717) is 12.1 Å². The van der Waals surface area contributed by atoms with Crippen LogP contribution in [0.5, 0.6) is 5.75 Å². The fraction of sp³-hybridized carbons (Fsp3) is 0.538. The first-order valence-corrected chi connectivity index (χ1v) is 6.40. The van der Waals surface area contributed by atoms with Crippen molar-refractivity contribution in [2.24, 2.45) is 0 Å². The number of fused-ring (bicyclic) bond motifs is 1. The second-order valence-corrected chi connectivity index (χ2v) is 5.24. The van der Waals surface area contributed by atoms with Gasteiger partial charge in [0.1, 0.15) is 5.75 Å². The first-order valence-electron chi connectivity index (χ1n) is 6.02. The van der Waals surface area contributed by atoms with Crippen LogP contribution < -0.4 is 10.1 Å². The molecule has 4 heteroatoms. The summed E-state index contributed by atoms with van der Waals surface area (Å²) in [6.45, 7) is 3.72. The number of benzene rings is 1. The van der Waals surface area contributed by atoms with Crippen LogP contribution in [-0.4, -0.2) is 25.4 Å². The molecule has 1 aromatic rings. The maximum atomic E-state index is 6.05. The van der Waals surface area contributed by atoms with Crippen molar-refractivity contribution in [2.75, 3.05) is 13.2 Å². The van der Waals surface area contributed by atoms with Crippen LogP contribution in [0.15, 0.2) is 18.2 Å². The molecular formula is C13H16ClNO2.